The number of halogens is 1. The van der Waals surface area contributed by atoms with E-state index in [1.807, 2.05) is 46.7 Å². The third-order valence-corrected chi connectivity index (χ3v) is 5.36. The van der Waals surface area contributed by atoms with Gasteiger partial charge in [-0.05, 0) is 23.6 Å². The fraction of sp³-hybridized carbons (Fsp3) is 0.333. The maximum atomic E-state index is 12.6. The first-order valence-electron chi connectivity index (χ1n) is 8.38. The van der Waals surface area contributed by atoms with E-state index in [1.165, 1.54) is 0 Å². The molecule has 0 bridgehead atoms. The first-order chi connectivity index (χ1) is 12.2. The summed E-state index contributed by atoms with van der Waals surface area (Å²) in [5.41, 5.74) is 7.75. The van der Waals surface area contributed by atoms with Crippen molar-refractivity contribution in [2.45, 2.75) is 12.5 Å². The van der Waals surface area contributed by atoms with Gasteiger partial charge in [0.2, 0.25) is 5.91 Å². The standard InChI is InChI=1S/C18H20N4O2S.ClH.H2S/c19-14(12-13-4-3-11-25-13)17(23)21-7-9-22(10-8-21)18-20-15-5-1-2-6-16(15)24-18;;/h1-6,11,14H,7-10,12,19H2;1H;1H2/t14-;;/m0../s1. The van der Waals surface area contributed by atoms with Crippen LogP contribution < -0.4 is 10.6 Å². The predicted octanol–water partition coefficient (Wildman–Crippen LogP) is 2.64. The molecule has 1 aliphatic heterocycles. The Morgan fingerprint density at radius 2 is 1.93 bits per heavy atom. The van der Waals surface area contributed by atoms with E-state index in [0.717, 1.165) is 16.0 Å². The van der Waals surface area contributed by atoms with Crippen LogP contribution in [0.4, 0.5) is 6.01 Å². The smallest absolute Gasteiger partial charge is 0.298 e. The number of carbonyl (C=O) groups is 1. The van der Waals surface area contributed by atoms with Crippen LogP contribution in [0.15, 0.2) is 46.2 Å². The molecule has 1 fully saturated rings. The van der Waals surface area contributed by atoms with E-state index in [-0.39, 0.29) is 31.8 Å². The number of amides is 1. The van der Waals surface area contributed by atoms with Crippen molar-refractivity contribution in [2.75, 3.05) is 31.1 Å². The Morgan fingerprint density at radius 1 is 1.19 bits per heavy atom. The molecule has 0 aliphatic carbocycles. The Kier molecular flexibility index (Phi) is 7.55. The molecule has 0 spiro atoms. The van der Waals surface area contributed by atoms with Gasteiger partial charge in [-0.15, -0.1) is 23.7 Å². The summed E-state index contributed by atoms with van der Waals surface area (Å²) in [7, 11) is 0. The molecule has 3 heterocycles. The highest BCUT2D eigenvalue weighted by molar-refractivity contribution is 7.59. The number of carbonyl (C=O) groups excluding carboxylic acids is 1. The number of benzene rings is 1. The number of nitrogens with zero attached hydrogens (tertiary/aromatic N) is 3. The molecule has 27 heavy (non-hydrogen) atoms. The third-order valence-electron chi connectivity index (χ3n) is 4.46. The largest absolute Gasteiger partial charge is 0.423 e. The van der Waals surface area contributed by atoms with Crippen LogP contribution >= 0.6 is 37.2 Å². The second kappa shape index (κ2) is 9.45. The minimum Gasteiger partial charge on any atom is -0.423 e. The number of oxazole rings is 1. The first kappa shape index (κ1) is 21.6. The zero-order valence-corrected chi connectivity index (χ0v) is 17.3. The number of aromatic nitrogens is 1. The van der Waals surface area contributed by atoms with Gasteiger partial charge in [0, 0.05) is 37.5 Å². The van der Waals surface area contributed by atoms with Gasteiger partial charge in [-0.1, -0.05) is 18.2 Å². The summed E-state index contributed by atoms with van der Waals surface area (Å²) >= 11 is 1.64. The molecule has 0 saturated carbocycles. The summed E-state index contributed by atoms with van der Waals surface area (Å²) in [6.07, 6.45) is 0.599. The number of piperazine rings is 1. The van der Waals surface area contributed by atoms with Crippen molar-refractivity contribution in [3.05, 3.63) is 46.7 Å². The third kappa shape index (κ3) is 4.76. The highest BCUT2D eigenvalue weighted by Gasteiger charge is 2.27. The van der Waals surface area contributed by atoms with E-state index < -0.39 is 6.04 Å². The molecule has 1 saturated heterocycles. The SMILES string of the molecule is Cl.N[C@@H](Cc1cccs1)C(=O)N1CCN(c2nc3ccccc3o2)CC1.S. The molecule has 4 rings (SSSR count). The van der Waals surface area contributed by atoms with Crippen LogP contribution in [0.1, 0.15) is 4.88 Å². The van der Waals surface area contributed by atoms with Crippen LogP contribution in [0.25, 0.3) is 11.1 Å². The molecule has 6 nitrogen and oxygen atoms in total. The highest BCUT2D eigenvalue weighted by Crippen LogP contribution is 2.22. The molecule has 1 aromatic carbocycles. The molecule has 0 radical (unpaired) electrons. The van der Waals surface area contributed by atoms with Crippen LogP contribution in [-0.4, -0.2) is 48.0 Å². The van der Waals surface area contributed by atoms with E-state index in [2.05, 4.69) is 9.88 Å². The van der Waals surface area contributed by atoms with Gasteiger partial charge in [0.1, 0.15) is 5.52 Å². The minimum atomic E-state index is -0.477. The molecule has 3 aromatic rings. The Hall–Kier alpha value is -1.74. The van der Waals surface area contributed by atoms with Crippen LogP contribution in [0.5, 0.6) is 0 Å². The van der Waals surface area contributed by atoms with E-state index in [0.29, 0.717) is 38.6 Å². The molecule has 1 amide bonds. The predicted molar refractivity (Wildman–Crippen MR) is 116 cm³/mol. The fourth-order valence-corrected chi connectivity index (χ4v) is 3.85. The molecule has 1 aliphatic rings. The molecule has 1 atom stereocenters. The summed E-state index contributed by atoms with van der Waals surface area (Å²) in [5.74, 6) is 0.0191. The first-order valence-corrected chi connectivity index (χ1v) is 9.26. The topological polar surface area (TPSA) is 75.6 Å². The second-order valence-electron chi connectivity index (χ2n) is 6.17. The van der Waals surface area contributed by atoms with Gasteiger partial charge in [0.05, 0.1) is 6.04 Å². The van der Waals surface area contributed by atoms with Crippen molar-refractivity contribution in [2.24, 2.45) is 5.73 Å². The Bertz CT molecular complexity index is 830. The van der Waals surface area contributed by atoms with Gasteiger partial charge in [-0.25, -0.2) is 0 Å². The van der Waals surface area contributed by atoms with Gasteiger partial charge < -0.3 is 20.0 Å². The number of para-hydroxylation sites is 2. The quantitative estimate of drug-likeness (QED) is 0.694. The molecule has 2 aromatic heterocycles. The summed E-state index contributed by atoms with van der Waals surface area (Å²) < 4.78 is 5.81. The highest BCUT2D eigenvalue weighted by atomic mass is 35.5. The molecule has 146 valence electrons. The van der Waals surface area contributed by atoms with Crippen molar-refractivity contribution >= 4 is 60.3 Å². The van der Waals surface area contributed by atoms with Crippen LogP contribution in [0.3, 0.4) is 0 Å². The Labute approximate surface area is 175 Å². The van der Waals surface area contributed by atoms with Crippen LogP contribution in [0.2, 0.25) is 0 Å². The van der Waals surface area contributed by atoms with Crippen molar-refractivity contribution < 1.29 is 9.21 Å². The number of thiophene rings is 1. The Morgan fingerprint density at radius 3 is 2.59 bits per heavy atom. The summed E-state index contributed by atoms with van der Waals surface area (Å²) in [6.45, 7) is 2.67. The van der Waals surface area contributed by atoms with Gasteiger partial charge >= 0.3 is 0 Å². The van der Waals surface area contributed by atoms with E-state index >= 15 is 0 Å². The molecular weight excluding hydrogens is 404 g/mol. The average Bonchev–Trinajstić information content (AvgIpc) is 3.30. The number of fused-ring (bicyclic) bond motifs is 1. The molecule has 2 N–H and O–H groups in total. The molecular formula is C18H23ClN4O2S2. The van der Waals surface area contributed by atoms with E-state index in [9.17, 15) is 4.79 Å². The van der Waals surface area contributed by atoms with Gasteiger partial charge in [-0.2, -0.15) is 18.5 Å². The lowest BCUT2D eigenvalue weighted by atomic mass is 10.1. The zero-order valence-electron chi connectivity index (χ0n) is 14.7. The fourth-order valence-electron chi connectivity index (χ4n) is 3.08. The number of hydrogen-bond donors (Lipinski definition) is 1. The molecule has 9 heteroatoms. The van der Waals surface area contributed by atoms with Crippen molar-refractivity contribution in [1.29, 1.82) is 0 Å². The normalized spacial score (nSPS) is 15.1. The summed E-state index contributed by atoms with van der Waals surface area (Å²) in [4.78, 5) is 22.1. The van der Waals surface area contributed by atoms with Gasteiger partial charge in [-0.3, -0.25) is 4.79 Å². The average molecular weight is 427 g/mol. The Balaban J connectivity index is 0.00000131. The number of nitrogens with two attached hydrogens (primary N) is 1. The maximum Gasteiger partial charge on any atom is 0.298 e. The lowest BCUT2D eigenvalue weighted by Crippen LogP contribution is -2.53. The van der Waals surface area contributed by atoms with Crippen LogP contribution in [-0.2, 0) is 11.2 Å². The van der Waals surface area contributed by atoms with Gasteiger partial charge in [0.25, 0.3) is 6.01 Å². The monoisotopic (exact) mass is 426 g/mol. The van der Waals surface area contributed by atoms with E-state index in [4.69, 9.17) is 10.2 Å². The second-order valence-corrected chi connectivity index (χ2v) is 7.20. The molecule has 0 unspecified atom stereocenters. The van der Waals surface area contributed by atoms with E-state index in [1.54, 1.807) is 11.3 Å². The lowest BCUT2D eigenvalue weighted by Gasteiger charge is -2.35. The minimum absolute atomic E-state index is 0. The summed E-state index contributed by atoms with van der Waals surface area (Å²) in [5, 5.41) is 2.01. The van der Waals surface area contributed by atoms with Crippen molar-refractivity contribution in [3.8, 4) is 0 Å². The summed E-state index contributed by atoms with van der Waals surface area (Å²) in [6, 6.07) is 11.9. The number of hydrogen-bond acceptors (Lipinski definition) is 6. The van der Waals surface area contributed by atoms with Gasteiger partial charge in [0.15, 0.2) is 5.58 Å². The zero-order chi connectivity index (χ0) is 17.2. The van der Waals surface area contributed by atoms with Crippen molar-refractivity contribution in [3.63, 3.8) is 0 Å². The van der Waals surface area contributed by atoms with Crippen molar-refractivity contribution in [1.82, 2.24) is 9.88 Å². The van der Waals surface area contributed by atoms with Crippen LogP contribution in [0, 0.1) is 0 Å². The maximum absolute atomic E-state index is 12.6. The number of anilines is 1. The number of rotatable bonds is 4. The lowest BCUT2D eigenvalue weighted by molar-refractivity contribution is -0.132.